The lowest BCUT2D eigenvalue weighted by atomic mass is 9.90. The maximum atomic E-state index is 13.8. The van der Waals surface area contributed by atoms with Crippen molar-refractivity contribution in [2.75, 3.05) is 13.2 Å². The Bertz CT molecular complexity index is 1370. The van der Waals surface area contributed by atoms with Crippen molar-refractivity contribution in [3.63, 3.8) is 0 Å². The number of alkyl carbamates (subject to hydrolysis) is 1. The van der Waals surface area contributed by atoms with Gasteiger partial charge >= 0.3 is 18.0 Å². The summed E-state index contributed by atoms with van der Waals surface area (Å²) < 4.78 is 10.5. The van der Waals surface area contributed by atoms with Crippen LogP contribution in [0.15, 0.2) is 42.5 Å². The number of hydrogen-bond donors (Lipinski definition) is 6. The first-order valence-corrected chi connectivity index (χ1v) is 15.1. The Morgan fingerprint density at radius 2 is 1.57 bits per heavy atom. The Morgan fingerprint density at radius 1 is 0.913 bits per heavy atom. The van der Waals surface area contributed by atoms with Crippen LogP contribution in [0.3, 0.4) is 0 Å². The summed E-state index contributed by atoms with van der Waals surface area (Å²) in [5.41, 5.74) is -1.44. The van der Waals surface area contributed by atoms with Crippen LogP contribution in [-0.2, 0) is 32.0 Å². The number of carboxylic acid groups (broad SMARTS) is 2. The Kier molecular flexibility index (Phi) is 13.8. The average molecular weight is 644 g/mol. The van der Waals surface area contributed by atoms with Gasteiger partial charge in [-0.05, 0) is 82.3 Å². The summed E-state index contributed by atoms with van der Waals surface area (Å²) in [6.45, 7) is 8.29. The number of phenolic OH excluding ortho intramolecular Hbond substituents is 1. The highest BCUT2D eigenvalue weighted by Crippen LogP contribution is 2.24. The molecule has 0 aliphatic carbocycles. The van der Waals surface area contributed by atoms with Gasteiger partial charge in [0, 0.05) is 13.0 Å². The topological polar surface area (TPSA) is 201 Å². The van der Waals surface area contributed by atoms with Crippen LogP contribution in [0.1, 0.15) is 81.8 Å². The second-order valence-corrected chi connectivity index (χ2v) is 12.2. The maximum absolute atomic E-state index is 13.8. The molecule has 1 unspecified atom stereocenters. The van der Waals surface area contributed by atoms with Gasteiger partial charge < -0.3 is 40.7 Å². The molecule has 46 heavy (non-hydrogen) atoms. The standard InChI is InChI=1S/C33H45N3O10/c1-6-7-8-17-34-30(43)33(5,16-15-22-11-14-26(45-20-27(38)39)24(18-22)29(41)42)36-28(40)25(35-31(44)46-32(2,3)4)19-21-9-12-23(37)13-10-21/h9-14,18,25,37H,6-8,15-17,19-20H2,1-5H3,(H,34,43)(H,35,44)(H,36,40)(H,38,39)(H,41,42)/t25?,33-/m0/s1. The van der Waals surface area contributed by atoms with Crippen molar-refractivity contribution in [1.29, 1.82) is 0 Å². The van der Waals surface area contributed by atoms with E-state index in [1.165, 1.54) is 24.3 Å². The van der Waals surface area contributed by atoms with Gasteiger partial charge in [0.05, 0.1) is 0 Å². The summed E-state index contributed by atoms with van der Waals surface area (Å²) in [6.07, 6.45) is 1.97. The molecule has 2 aromatic rings. The van der Waals surface area contributed by atoms with Gasteiger partial charge in [-0.3, -0.25) is 9.59 Å². The van der Waals surface area contributed by atoms with Crippen molar-refractivity contribution >= 4 is 29.8 Å². The van der Waals surface area contributed by atoms with E-state index < -0.39 is 53.6 Å². The smallest absolute Gasteiger partial charge is 0.408 e. The predicted octanol–water partition coefficient (Wildman–Crippen LogP) is 3.80. The molecule has 6 N–H and O–H groups in total. The quantitative estimate of drug-likeness (QED) is 0.138. The number of aromatic carboxylic acids is 1. The number of aryl methyl sites for hydroxylation is 1. The van der Waals surface area contributed by atoms with Gasteiger partial charge in [0.1, 0.15) is 34.2 Å². The molecule has 2 rings (SSSR count). The van der Waals surface area contributed by atoms with Crippen molar-refractivity contribution in [1.82, 2.24) is 16.0 Å². The first kappa shape index (κ1) is 37.4. The van der Waals surface area contributed by atoms with Crippen LogP contribution in [-0.4, -0.2) is 75.5 Å². The Balaban J connectivity index is 2.36. The molecule has 13 nitrogen and oxygen atoms in total. The fraction of sp³-hybridized carbons (Fsp3) is 0.485. The molecule has 0 aromatic heterocycles. The Labute approximate surface area is 268 Å². The number of carbonyl (C=O) groups is 5. The first-order chi connectivity index (χ1) is 21.5. The molecule has 0 saturated carbocycles. The molecular formula is C33H45N3O10. The molecule has 2 aromatic carbocycles. The minimum absolute atomic E-state index is 0.0271. The lowest BCUT2D eigenvalue weighted by molar-refractivity contribution is -0.139. The van der Waals surface area contributed by atoms with E-state index in [0.717, 1.165) is 19.3 Å². The van der Waals surface area contributed by atoms with Crippen LogP contribution < -0.4 is 20.7 Å². The second kappa shape index (κ2) is 17.0. The van der Waals surface area contributed by atoms with E-state index >= 15 is 0 Å². The molecule has 3 amide bonds. The average Bonchev–Trinajstić information content (AvgIpc) is 2.97. The third-order valence-electron chi connectivity index (χ3n) is 6.89. The van der Waals surface area contributed by atoms with Crippen LogP contribution in [0.25, 0.3) is 0 Å². The Morgan fingerprint density at radius 3 is 2.15 bits per heavy atom. The van der Waals surface area contributed by atoms with Crippen molar-refractivity contribution in [2.24, 2.45) is 0 Å². The number of rotatable bonds is 17. The predicted molar refractivity (Wildman–Crippen MR) is 169 cm³/mol. The summed E-state index contributed by atoms with van der Waals surface area (Å²) in [5, 5.41) is 36.5. The summed E-state index contributed by atoms with van der Waals surface area (Å²) >= 11 is 0. The van der Waals surface area contributed by atoms with E-state index in [1.807, 2.05) is 6.92 Å². The van der Waals surface area contributed by atoms with E-state index in [-0.39, 0.29) is 36.3 Å². The van der Waals surface area contributed by atoms with Gasteiger partial charge in [-0.2, -0.15) is 0 Å². The maximum Gasteiger partial charge on any atom is 0.408 e. The highest BCUT2D eigenvalue weighted by atomic mass is 16.6. The van der Waals surface area contributed by atoms with Gasteiger partial charge in [-0.15, -0.1) is 0 Å². The molecule has 252 valence electrons. The number of nitrogens with one attached hydrogen (secondary N) is 3. The normalized spacial score (nSPS) is 13.1. The number of carboxylic acids is 2. The number of carbonyl (C=O) groups excluding carboxylic acids is 3. The van der Waals surface area contributed by atoms with Crippen molar-refractivity contribution in [3.05, 3.63) is 59.2 Å². The van der Waals surface area contributed by atoms with Crippen LogP contribution in [0.2, 0.25) is 0 Å². The largest absolute Gasteiger partial charge is 0.508 e. The lowest BCUT2D eigenvalue weighted by Gasteiger charge is -2.32. The molecule has 2 atom stereocenters. The summed E-state index contributed by atoms with van der Waals surface area (Å²) in [6, 6.07) is 9.20. The lowest BCUT2D eigenvalue weighted by Crippen LogP contribution is -2.61. The summed E-state index contributed by atoms with van der Waals surface area (Å²) in [7, 11) is 0. The zero-order chi connectivity index (χ0) is 34.5. The third kappa shape index (κ3) is 12.7. The summed E-state index contributed by atoms with van der Waals surface area (Å²) in [5.74, 6) is -3.79. The zero-order valence-corrected chi connectivity index (χ0v) is 27.0. The van der Waals surface area contributed by atoms with Gasteiger partial charge in [0.25, 0.3) is 0 Å². The first-order valence-electron chi connectivity index (χ1n) is 15.1. The second-order valence-electron chi connectivity index (χ2n) is 12.2. The van der Waals surface area contributed by atoms with Crippen molar-refractivity contribution in [2.45, 2.75) is 90.3 Å². The van der Waals surface area contributed by atoms with E-state index in [9.17, 15) is 34.2 Å². The van der Waals surface area contributed by atoms with Gasteiger partial charge in [-0.25, -0.2) is 14.4 Å². The minimum Gasteiger partial charge on any atom is -0.508 e. The van der Waals surface area contributed by atoms with E-state index in [0.29, 0.717) is 17.7 Å². The molecule has 0 fully saturated rings. The van der Waals surface area contributed by atoms with Gasteiger partial charge in [-0.1, -0.05) is 38.0 Å². The van der Waals surface area contributed by atoms with Crippen LogP contribution in [0.4, 0.5) is 4.79 Å². The fourth-order valence-electron chi connectivity index (χ4n) is 4.45. The number of hydrogen-bond acceptors (Lipinski definition) is 8. The van der Waals surface area contributed by atoms with E-state index in [4.69, 9.17) is 14.6 Å². The van der Waals surface area contributed by atoms with Crippen LogP contribution in [0, 0.1) is 0 Å². The van der Waals surface area contributed by atoms with Gasteiger partial charge in [0.2, 0.25) is 11.8 Å². The zero-order valence-electron chi connectivity index (χ0n) is 27.0. The molecular weight excluding hydrogens is 598 g/mol. The Hall–Kier alpha value is -4.81. The third-order valence-corrected chi connectivity index (χ3v) is 6.89. The molecule has 13 heteroatoms. The van der Waals surface area contributed by atoms with Crippen LogP contribution in [0.5, 0.6) is 11.5 Å². The van der Waals surface area contributed by atoms with Crippen molar-refractivity contribution in [3.8, 4) is 11.5 Å². The summed E-state index contributed by atoms with van der Waals surface area (Å²) in [4.78, 5) is 62.8. The number of amides is 3. The van der Waals surface area contributed by atoms with Crippen LogP contribution >= 0.6 is 0 Å². The molecule has 0 aliphatic heterocycles. The minimum atomic E-state index is -1.49. The highest BCUT2D eigenvalue weighted by molar-refractivity contribution is 5.94. The monoisotopic (exact) mass is 643 g/mol. The number of unbranched alkanes of at least 4 members (excludes halogenated alkanes) is 2. The van der Waals surface area contributed by atoms with E-state index in [1.54, 1.807) is 45.9 Å². The van der Waals surface area contributed by atoms with E-state index in [2.05, 4.69) is 16.0 Å². The SMILES string of the molecule is CCCCCNC(=O)[C@](C)(CCc1ccc(OCC(=O)O)c(C(=O)O)c1)NC(=O)C(Cc1ccc(O)cc1)NC(=O)OC(C)(C)C. The number of benzene rings is 2. The molecule has 0 aliphatic rings. The number of aliphatic carboxylic acids is 1. The molecule has 0 saturated heterocycles. The fourth-order valence-corrected chi connectivity index (χ4v) is 4.45. The molecule has 0 bridgehead atoms. The van der Waals surface area contributed by atoms with Gasteiger partial charge in [0.15, 0.2) is 6.61 Å². The number of phenols is 1. The highest BCUT2D eigenvalue weighted by Gasteiger charge is 2.37. The molecule has 0 spiro atoms. The molecule has 0 radical (unpaired) electrons. The van der Waals surface area contributed by atoms with Crippen molar-refractivity contribution < 1.29 is 48.8 Å². The number of ether oxygens (including phenoxy) is 2. The number of aromatic hydroxyl groups is 1. The molecule has 0 heterocycles.